The highest BCUT2D eigenvalue weighted by Crippen LogP contribution is 2.40. The molecule has 0 atom stereocenters. The SMILES string of the molecule is [B]c1cccc2c1oc1c(-c3cccc4c3oc3ccccc34)cccc12. The van der Waals surface area contributed by atoms with Gasteiger partial charge in [0.15, 0.2) is 0 Å². The fourth-order valence-electron chi connectivity index (χ4n) is 4.01. The summed E-state index contributed by atoms with van der Waals surface area (Å²) in [6, 6.07) is 26.4. The minimum atomic E-state index is 0.650. The second kappa shape index (κ2) is 5.27. The Balaban J connectivity index is 1.76. The topological polar surface area (TPSA) is 26.3 Å². The summed E-state index contributed by atoms with van der Waals surface area (Å²) in [6.45, 7) is 0. The van der Waals surface area contributed by atoms with Gasteiger partial charge in [-0.05, 0) is 6.07 Å². The smallest absolute Gasteiger partial charge is 0.143 e. The van der Waals surface area contributed by atoms with Gasteiger partial charge in [-0.3, -0.25) is 0 Å². The monoisotopic (exact) mass is 344 g/mol. The van der Waals surface area contributed by atoms with Crippen LogP contribution in [0.2, 0.25) is 0 Å². The molecule has 3 heteroatoms. The molecule has 0 spiro atoms. The molecular formula is C24H13BO2. The molecule has 27 heavy (non-hydrogen) atoms. The Kier molecular flexibility index (Phi) is 2.87. The zero-order valence-corrected chi connectivity index (χ0v) is 14.4. The van der Waals surface area contributed by atoms with Crippen LogP contribution in [0.4, 0.5) is 0 Å². The summed E-state index contributed by atoms with van der Waals surface area (Å²) >= 11 is 0. The fraction of sp³-hybridized carbons (Fsp3) is 0. The van der Waals surface area contributed by atoms with E-state index < -0.39 is 0 Å². The normalized spacial score (nSPS) is 11.9. The van der Waals surface area contributed by atoms with Crippen molar-refractivity contribution in [3.8, 4) is 11.1 Å². The molecule has 0 amide bonds. The summed E-state index contributed by atoms with van der Waals surface area (Å²) in [6.07, 6.45) is 0. The molecule has 6 aromatic rings. The number of rotatable bonds is 1. The Bertz CT molecular complexity index is 1490. The Hall–Kier alpha value is -3.46. The summed E-state index contributed by atoms with van der Waals surface area (Å²) in [4.78, 5) is 0. The lowest BCUT2D eigenvalue weighted by molar-refractivity contribution is 0.666. The van der Waals surface area contributed by atoms with E-state index in [-0.39, 0.29) is 0 Å². The predicted molar refractivity (Wildman–Crippen MR) is 112 cm³/mol. The molecule has 2 radical (unpaired) electrons. The predicted octanol–water partition coefficient (Wildman–Crippen LogP) is 5.95. The second-order valence-electron chi connectivity index (χ2n) is 6.79. The van der Waals surface area contributed by atoms with Gasteiger partial charge < -0.3 is 8.83 Å². The quantitative estimate of drug-likeness (QED) is 0.345. The first kappa shape index (κ1) is 14.7. The minimum Gasteiger partial charge on any atom is -0.456 e. The highest BCUT2D eigenvalue weighted by atomic mass is 16.3. The van der Waals surface area contributed by atoms with Gasteiger partial charge in [-0.25, -0.2) is 0 Å². The van der Waals surface area contributed by atoms with E-state index in [1.165, 1.54) is 0 Å². The zero-order chi connectivity index (χ0) is 18.0. The molecule has 0 bridgehead atoms. The van der Waals surface area contributed by atoms with Gasteiger partial charge in [0, 0.05) is 32.7 Å². The molecule has 2 aromatic heterocycles. The maximum Gasteiger partial charge on any atom is 0.143 e. The second-order valence-corrected chi connectivity index (χ2v) is 6.79. The van der Waals surface area contributed by atoms with Crippen molar-refractivity contribution in [3.05, 3.63) is 78.9 Å². The molecule has 0 aliphatic heterocycles. The molecule has 4 aromatic carbocycles. The van der Waals surface area contributed by atoms with Gasteiger partial charge in [-0.15, -0.1) is 0 Å². The largest absolute Gasteiger partial charge is 0.456 e. The van der Waals surface area contributed by atoms with E-state index in [9.17, 15) is 0 Å². The van der Waals surface area contributed by atoms with E-state index >= 15 is 0 Å². The van der Waals surface area contributed by atoms with Crippen molar-refractivity contribution in [2.24, 2.45) is 0 Å². The van der Waals surface area contributed by atoms with Crippen LogP contribution >= 0.6 is 0 Å². The first-order valence-corrected chi connectivity index (χ1v) is 8.91. The van der Waals surface area contributed by atoms with Gasteiger partial charge in [0.25, 0.3) is 0 Å². The zero-order valence-electron chi connectivity index (χ0n) is 14.4. The number of furan rings is 2. The average molecular weight is 344 g/mol. The third kappa shape index (κ3) is 1.97. The van der Waals surface area contributed by atoms with E-state index in [1.54, 1.807) is 0 Å². The van der Waals surface area contributed by atoms with E-state index in [4.69, 9.17) is 16.7 Å². The third-order valence-electron chi connectivity index (χ3n) is 5.25. The fourth-order valence-corrected chi connectivity index (χ4v) is 4.01. The van der Waals surface area contributed by atoms with Crippen LogP contribution < -0.4 is 5.46 Å². The number of benzene rings is 4. The van der Waals surface area contributed by atoms with Crippen LogP contribution in [-0.4, -0.2) is 7.85 Å². The number of hydrogen-bond donors (Lipinski definition) is 0. The van der Waals surface area contributed by atoms with Gasteiger partial charge in [-0.2, -0.15) is 0 Å². The number of para-hydroxylation sites is 4. The maximum absolute atomic E-state index is 6.23. The van der Waals surface area contributed by atoms with Crippen molar-refractivity contribution in [2.75, 3.05) is 0 Å². The van der Waals surface area contributed by atoms with Crippen molar-refractivity contribution in [3.63, 3.8) is 0 Å². The van der Waals surface area contributed by atoms with Crippen LogP contribution in [0.25, 0.3) is 55.0 Å². The molecule has 2 heterocycles. The van der Waals surface area contributed by atoms with Crippen molar-refractivity contribution < 1.29 is 8.83 Å². The summed E-state index contributed by atoms with van der Waals surface area (Å²) < 4.78 is 12.4. The van der Waals surface area contributed by atoms with Gasteiger partial charge in [-0.1, -0.05) is 78.3 Å². The summed E-state index contributed by atoms with van der Waals surface area (Å²) in [5.41, 5.74) is 6.01. The van der Waals surface area contributed by atoms with Crippen molar-refractivity contribution >= 4 is 57.2 Å². The van der Waals surface area contributed by atoms with Crippen molar-refractivity contribution in [1.82, 2.24) is 0 Å². The first-order valence-electron chi connectivity index (χ1n) is 8.91. The molecule has 0 aliphatic carbocycles. The summed E-state index contributed by atoms with van der Waals surface area (Å²) in [7, 11) is 6.14. The van der Waals surface area contributed by atoms with Crippen LogP contribution in [-0.2, 0) is 0 Å². The summed E-state index contributed by atoms with van der Waals surface area (Å²) in [5, 5.41) is 4.32. The lowest BCUT2D eigenvalue weighted by Gasteiger charge is -2.03. The van der Waals surface area contributed by atoms with Crippen LogP contribution in [0.1, 0.15) is 0 Å². The van der Waals surface area contributed by atoms with Gasteiger partial charge in [0.1, 0.15) is 30.2 Å². The van der Waals surface area contributed by atoms with E-state index in [1.807, 2.05) is 36.4 Å². The van der Waals surface area contributed by atoms with Crippen molar-refractivity contribution in [1.29, 1.82) is 0 Å². The molecule has 0 N–H and O–H groups in total. The van der Waals surface area contributed by atoms with Crippen LogP contribution in [0.15, 0.2) is 87.7 Å². The molecular weight excluding hydrogens is 331 g/mol. The van der Waals surface area contributed by atoms with E-state index in [2.05, 4.69) is 42.5 Å². The molecule has 0 unspecified atom stereocenters. The molecule has 0 saturated heterocycles. The van der Waals surface area contributed by atoms with E-state index in [0.29, 0.717) is 5.46 Å². The Labute approximate surface area is 156 Å². The van der Waals surface area contributed by atoms with Crippen LogP contribution in [0.5, 0.6) is 0 Å². The standard InChI is InChI=1S/C24H13BO2/c25-20-12-5-11-19-18-10-4-9-17(23(18)27-24(19)20)16-8-3-7-15-14-6-1-2-13-21(14)26-22(15)16/h1-13H. The maximum atomic E-state index is 6.23. The van der Waals surface area contributed by atoms with Gasteiger partial charge in [0.2, 0.25) is 0 Å². The Morgan fingerprint density at radius 1 is 0.481 bits per heavy atom. The minimum absolute atomic E-state index is 0.650. The molecule has 6 rings (SSSR count). The number of hydrogen-bond acceptors (Lipinski definition) is 2. The molecule has 0 aliphatic rings. The van der Waals surface area contributed by atoms with Crippen molar-refractivity contribution in [2.45, 2.75) is 0 Å². The van der Waals surface area contributed by atoms with Crippen LogP contribution in [0, 0.1) is 0 Å². The van der Waals surface area contributed by atoms with Gasteiger partial charge >= 0.3 is 0 Å². The molecule has 0 saturated carbocycles. The lowest BCUT2D eigenvalue weighted by atomic mass is 9.94. The summed E-state index contributed by atoms with van der Waals surface area (Å²) in [5.74, 6) is 0. The Morgan fingerprint density at radius 3 is 1.81 bits per heavy atom. The third-order valence-corrected chi connectivity index (χ3v) is 5.25. The van der Waals surface area contributed by atoms with E-state index in [0.717, 1.165) is 55.0 Å². The van der Waals surface area contributed by atoms with Crippen LogP contribution in [0.3, 0.4) is 0 Å². The average Bonchev–Trinajstić information content (AvgIpc) is 3.27. The molecule has 124 valence electrons. The Morgan fingerprint density at radius 2 is 1.04 bits per heavy atom. The highest BCUT2D eigenvalue weighted by molar-refractivity contribution is 6.39. The van der Waals surface area contributed by atoms with Gasteiger partial charge in [0.05, 0.1) is 0 Å². The first-order chi connectivity index (χ1) is 13.3. The highest BCUT2D eigenvalue weighted by Gasteiger charge is 2.17. The number of fused-ring (bicyclic) bond motifs is 6. The lowest BCUT2D eigenvalue weighted by Crippen LogP contribution is -2.00. The molecule has 2 nitrogen and oxygen atoms in total. The molecule has 0 fully saturated rings.